The SMILES string of the molecule is COc1c(C)cc(C(C)(C)c2cc(C)c(OC(=O)Oc3ccc(-c4ccc(OC(C)=O)cc4)cc3)c(Br)c2)cc1Br. The Hall–Kier alpha value is -3.62. The summed E-state index contributed by atoms with van der Waals surface area (Å²) in [4.78, 5) is 23.8. The van der Waals surface area contributed by atoms with E-state index in [0.29, 0.717) is 21.7 Å². The van der Waals surface area contributed by atoms with Crippen LogP contribution in [0.2, 0.25) is 0 Å². The van der Waals surface area contributed by atoms with Crippen LogP contribution in [0.4, 0.5) is 4.79 Å². The summed E-state index contributed by atoms with van der Waals surface area (Å²) in [6.07, 6.45) is -0.839. The highest BCUT2D eigenvalue weighted by Gasteiger charge is 2.27. The third-order valence-corrected chi connectivity index (χ3v) is 7.97. The molecule has 0 amide bonds. The first-order valence-corrected chi connectivity index (χ1v) is 14.4. The fourth-order valence-corrected chi connectivity index (χ4v) is 5.90. The average Bonchev–Trinajstić information content (AvgIpc) is 2.91. The van der Waals surface area contributed by atoms with Crippen LogP contribution < -0.4 is 18.9 Å². The fraction of sp³-hybridized carbons (Fsp3) is 0.212. The highest BCUT2D eigenvalue weighted by molar-refractivity contribution is 9.11. The van der Waals surface area contributed by atoms with Gasteiger partial charge in [-0.2, -0.15) is 0 Å². The molecule has 0 aromatic heterocycles. The van der Waals surface area contributed by atoms with Crippen LogP contribution >= 0.6 is 31.9 Å². The number of carbonyl (C=O) groups excluding carboxylic acids is 2. The van der Waals surface area contributed by atoms with E-state index in [0.717, 1.165) is 43.6 Å². The molecule has 0 saturated heterocycles. The van der Waals surface area contributed by atoms with Gasteiger partial charge in [-0.25, -0.2) is 4.79 Å². The van der Waals surface area contributed by atoms with Crippen LogP contribution in [0.3, 0.4) is 0 Å². The molecule has 8 heteroatoms. The standard InChI is InChI=1S/C33H30Br2O6/c1-19-15-24(17-28(34)30(19)38-6)33(4,5)25-16-20(2)31(29(35)18-25)41-32(37)40-27-13-9-23(10-14-27)22-7-11-26(12-8-22)39-21(3)36/h7-18H,1-6H3. The summed E-state index contributed by atoms with van der Waals surface area (Å²) < 4.78 is 23.2. The summed E-state index contributed by atoms with van der Waals surface area (Å²) in [5.41, 5.74) is 5.49. The van der Waals surface area contributed by atoms with E-state index in [1.54, 1.807) is 31.4 Å². The molecule has 0 heterocycles. The van der Waals surface area contributed by atoms with Crippen LogP contribution in [-0.4, -0.2) is 19.2 Å². The molecule has 4 rings (SSSR count). The van der Waals surface area contributed by atoms with Crippen molar-refractivity contribution in [3.05, 3.63) is 104 Å². The van der Waals surface area contributed by atoms with Gasteiger partial charge in [0.2, 0.25) is 0 Å². The van der Waals surface area contributed by atoms with Gasteiger partial charge in [0.05, 0.1) is 16.1 Å². The van der Waals surface area contributed by atoms with Crippen LogP contribution in [0, 0.1) is 13.8 Å². The van der Waals surface area contributed by atoms with Crippen molar-refractivity contribution in [2.24, 2.45) is 0 Å². The molecule has 0 aliphatic heterocycles. The molecule has 4 aromatic carbocycles. The predicted octanol–water partition coefficient (Wildman–Crippen LogP) is 9.33. The Morgan fingerprint density at radius 3 is 1.51 bits per heavy atom. The second-order valence-corrected chi connectivity index (χ2v) is 11.8. The lowest BCUT2D eigenvalue weighted by Crippen LogP contribution is -2.20. The highest BCUT2D eigenvalue weighted by Crippen LogP contribution is 2.41. The van der Waals surface area contributed by atoms with Gasteiger partial charge >= 0.3 is 12.1 Å². The van der Waals surface area contributed by atoms with Gasteiger partial charge in [0, 0.05) is 12.3 Å². The van der Waals surface area contributed by atoms with Crippen molar-refractivity contribution in [3.8, 4) is 34.1 Å². The van der Waals surface area contributed by atoms with E-state index in [2.05, 4.69) is 57.8 Å². The Morgan fingerprint density at radius 1 is 0.659 bits per heavy atom. The van der Waals surface area contributed by atoms with Crippen LogP contribution in [-0.2, 0) is 10.2 Å². The molecule has 6 nitrogen and oxygen atoms in total. The predicted molar refractivity (Wildman–Crippen MR) is 166 cm³/mol. The molecule has 0 unspecified atom stereocenters. The van der Waals surface area contributed by atoms with Crippen LogP contribution in [0.5, 0.6) is 23.0 Å². The van der Waals surface area contributed by atoms with Crippen LogP contribution in [0.15, 0.2) is 81.7 Å². The smallest absolute Gasteiger partial charge is 0.495 e. The minimum Gasteiger partial charge on any atom is -0.495 e. The zero-order valence-electron chi connectivity index (χ0n) is 23.6. The van der Waals surface area contributed by atoms with E-state index in [-0.39, 0.29) is 11.4 Å². The largest absolute Gasteiger partial charge is 0.519 e. The molecule has 0 radical (unpaired) electrons. The van der Waals surface area contributed by atoms with E-state index in [1.807, 2.05) is 50.2 Å². The number of hydrogen-bond donors (Lipinski definition) is 0. The number of hydrogen-bond acceptors (Lipinski definition) is 6. The molecule has 0 aliphatic carbocycles. The van der Waals surface area contributed by atoms with Gasteiger partial charge in [-0.1, -0.05) is 50.2 Å². The molecule has 0 bridgehead atoms. The molecular formula is C33H30Br2O6. The van der Waals surface area contributed by atoms with Crippen molar-refractivity contribution >= 4 is 44.0 Å². The molecule has 212 valence electrons. The van der Waals surface area contributed by atoms with Gasteiger partial charge in [-0.15, -0.1) is 0 Å². The Bertz CT molecular complexity index is 1550. The fourth-order valence-electron chi connectivity index (χ4n) is 4.54. The van der Waals surface area contributed by atoms with Gasteiger partial charge < -0.3 is 18.9 Å². The third-order valence-electron chi connectivity index (χ3n) is 6.80. The second-order valence-electron chi connectivity index (χ2n) is 10.1. The Morgan fingerprint density at radius 2 is 1.10 bits per heavy atom. The summed E-state index contributed by atoms with van der Waals surface area (Å²) in [6.45, 7) is 9.56. The van der Waals surface area contributed by atoms with Crippen molar-refractivity contribution in [2.45, 2.75) is 40.0 Å². The van der Waals surface area contributed by atoms with Crippen molar-refractivity contribution in [1.82, 2.24) is 0 Å². The van der Waals surface area contributed by atoms with Crippen LogP contribution in [0.25, 0.3) is 11.1 Å². The number of rotatable bonds is 7. The molecule has 4 aromatic rings. The molecule has 0 aliphatic rings. The quantitative estimate of drug-likeness (QED) is 0.110. The van der Waals surface area contributed by atoms with Crippen molar-refractivity contribution in [1.29, 1.82) is 0 Å². The van der Waals surface area contributed by atoms with Crippen molar-refractivity contribution in [2.75, 3.05) is 7.11 Å². The lowest BCUT2D eigenvalue weighted by molar-refractivity contribution is -0.131. The van der Waals surface area contributed by atoms with E-state index in [4.69, 9.17) is 18.9 Å². The van der Waals surface area contributed by atoms with E-state index in [1.165, 1.54) is 6.92 Å². The van der Waals surface area contributed by atoms with Gasteiger partial charge in [0.25, 0.3) is 0 Å². The normalized spacial score (nSPS) is 11.1. The first kappa shape index (κ1) is 30.3. The number of ether oxygens (including phenoxy) is 4. The summed E-state index contributed by atoms with van der Waals surface area (Å²) in [6, 6.07) is 22.4. The van der Waals surface area contributed by atoms with E-state index >= 15 is 0 Å². The lowest BCUT2D eigenvalue weighted by Gasteiger charge is -2.28. The molecule has 41 heavy (non-hydrogen) atoms. The first-order chi connectivity index (χ1) is 19.4. The minimum atomic E-state index is -0.839. The minimum absolute atomic E-state index is 0.339. The summed E-state index contributed by atoms with van der Waals surface area (Å²) >= 11 is 7.22. The summed E-state index contributed by atoms with van der Waals surface area (Å²) in [7, 11) is 1.66. The lowest BCUT2D eigenvalue weighted by atomic mass is 9.77. The van der Waals surface area contributed by atoms with Crippen molar-refractivity contribution < 1.29 is 28.5 Å². The first-order valence-electron chi connectivity index (χ1n) is 12.8. The van der Waals surface area contributed by atoms with Crippen LogP contribution in [0.1, 0.15) is 43.0 Å². The van der Waals surface area contributed by atoms with E-state index < -0.39 is 6.16 Å². The maximum atomic E-state index is 12.7. The van der Waals surface area contributed by atoms with Gasteiger partial charge in [-0.05, 0) is 115 Å². The Kier molecular flexibility index (Phi) is 9.24. The van der Waals surface area contributed by atoms with E-state index in [9.17, 15) is 9.59 Å². The number of carbonyl (C=O) groups is 2. The number of methoxy groups -OCH3 is 1. The van der Waals surface area contributed by atoms with Gasteiger partial charge in [0.15, 0.2) is 5.75 Å². The summed E-state index contributed by atoms with van der Waals surface area (Å²) in [5, 5.41) is 0. The number of aryl methyl sites for hydroxylation is 2. The zero-order valence-corrected chi connectivity index (χ0v) is 26.8. The van der Waals surface area contributed by atoms with Crippen molar-refractivity contribution in [3.63, 3.8) is 0 Å². The molecule has 0 saturated carbocycles. The number of halogens is 2. The molecular weight excluding hydrogens is 652 g/mol. The Balaban J connectivity index is 1.47. The highest BCUT2D eigenvalue weighted by atomic mass is 79.9. The molecule has 0 spiro atoms. The Labute approximate surface area is 256 Å². The second kappa shape index (κ2) is 12.5. The third kappa shape index (κ3) is 7.00. The molecule has 0 atom stereocenters. The monoisotopic (exact) mass is 680 g/mol. The van der Waals surface area contributed by atoms with Gasteiger partial charge in [-0.3, -0.25) is 4.79 Å². The zero-order chi connectivity index (χ0) is 29.9. The number of benzene rings is 4. The topological polar surface area (TPSA) is 71.1 Å². The summed E-state index contributed by atoms with van der Waals surface area (Å²) in [5.74, 6) is 1.66. The number of esters is 1. The maximum Gasteiger partial charge on any atom is 0.519 e. The molecule has 0 fully saturated rings. The maximum absolute atomic E-state index is 12.7. The van der Waals surface area contributed by atoms with Gasteiger partial charge in [0.1, 0.15) is 17.2 Å². The molecule has 0 N–H and O–H groups in total. The average molecular weight is 682 g/mol.